The Morgan fingerprint density at radius 3 is 2.43 bits per heavy atom. The summed E-state index contributed by atoms with van der Waals surface area (Å²) in [4.78, 5) is 14.7. The number of rotatable bonds is 5. The summed E-state index contributed by atoms with van der Waals surface area (Å²) in [5.74, 6) is 0.0933. The summed E-state index contributed by atoms with van der Waals surface area (Å²) in [6, 6.07) is 16.1. The van der Waals surface area contributed by atoms with E-state index in [0.717, 1.165) is 22.0 Å². The van der Waals surface area contributed by atoms with Gasteiger partial charge in [0, 0.05) is 24.0 Å². The molecule has 2 rings (SSSR count). The quantitative estimate of drug-likeness (QED) is 0.738. The second kappa shape index (κ2) is 7.41. The van der Waals surface area contributed by atoms with Crippen LogP contribution in [0.25, 0.3) is 0 Å². The number of carbonyl (C=O) groups is 1. The monoisotopic (exact) mass is 345 g/mol. The Hall–Kier alpha value is -1.61. The number of amides is 1. The Balaban J connectivity index is 2.23. The van der Waals surface area contributed by atoms with Gasteiger partial charge < -0.3 is 4.90 Å². The van der Waals surface area contributed by atoms with Crippen LogP contribution in [0.1, 0.15) is 27.0 Å². The Kier molecular flexibility index (Phi) is 5.57. The summed E-state index contributed by atoms with van der Waals surface area (Å²) in [6.45, 7) is 5.37. The molecule has 0 bridgehead atoms. The van der Waals surface area contributed by atoms with E-state index in [0.29, 0.717) is 13.1 Å². The van der Waals surface area contributed by atoms with Crippen LogP contribution in [-0.4, -0.2) is 22.7 Å². The molecule has 0 aliphatic carbocycles. The maximum absolute atomic E-state index is 12.8. The zero-order valence-electron chi connectivity index (χ0n) is 12.5. The van der Waals surface area contributed by atoms with Crippen LogP contribution in [0.4, 0.5) is 0 Å². The average Bonchev–Trinajstić information content (AvgIpc) is 2.47. The molecule has 0 heterocycles. The van der Waals surface area contributed by atoms with Crippen LogP contribution in [0.15, 0.2) is 48.5 Å². The molecule has 1 amide bonds. The van der Waals surface area contributed by atoms with Gasteiger partial charge in [-0.1, -0.05) is 64.0 Å². The van der Waals surface area contributed by atoms with E-state index >= 15 is 0 Å². The van der Waals surface area contributed by atoms with Gasteiger partial charge in [-0.05, 0) is 31.0 Å². The van der Waals surface area contributed by atoms with Crippen molar-refractivity contribution in [3.63, 3.8) is 0 Å². The van der Waals surface area contributed by atoms with E-state index < -0.39 is 0 Å². The van der Waals surface area contributed by atoms with Crippen molar-refractivity contribution in [3.05, 3.63) is 70.8 Å². The Bertz CT molecular complexity index is 610. The number of carbonyl (C=O) groups excluding carboxylic acids is 1. The lowest BCUT2D eigenvalue weighted by Crippen LogP contribution is -2.32. The van der Waals surface area contributed by atoms with Crippen LogP contribution in [-0.2, 0) is 6.54 Å². The summed E-state index contributed by atoms with van der Waals surface area (Å²) < 4.78 is 0. The smallest absolute Gasteiger partial charge is 0.254 e. The van der Waals surface area contributed by atoms with Gasteiger partial charge >= 0.3 is 0 Å². The summed E-state index contributed by atoms with van der Waals surface area (Å²) in [7, 11) is 0. The lowest BCUT2D eigenvalue weighted by Gasteiger charge is -2.23. The number of hydrogen-bond donors (Lipinski definition) is 0. The van der Waals surface area contributed by atoms with E-state index in [1.165, 1.54) is 5.56 Å². The normalized spacial score (nSPS) is 10.4. The van der Waals surface area contributed by atoms with Gasteiger partial charge in [0.25, 0.3) is 5.91 Å². The van der Waals surface area contributed by atoms with Crippen molar-refractivity contribution in [1.29, 1.82) is 0 Å². The predicted molar refractivity (Wildman–Crippen MR) is 90.9 cm³/mol. The standard InChI is InChI=1S/C18H20BrNO/c1-14-8-9-17(15(2)12-14)18(21)20(11-10-19)13-16-6-4-3-5-7-16/h3-9,12H,10-11,13H2,1-2H3. The summed E-state index contributed by atoms with van der Waals surface area (Å²) in [5.41, 5.74) is 4.15. The van der Waals surface area contributed by atoms with Crippen molar-refractivity contribution in [2.75, 3.05) is 11.9 Å². The predicted octanol–water partition coefficient (Wildman–Crippen LogP) is 4.34. The first-order chi connectivity index (χ1) is 10.1. The third-order valence-corrected chi connectivity index (χ3v) is 3.82. The summed E-state index contributed by atoms with van der Waals surface area (Å²) in [5, 5.41) is 0.774. The van der Waals surface area contributed by atoms with Crippen molar-refractivity contribution in [1.82, 2.24) is 4.90 Å². The molecule has 0 aliphatic heterocycles. The van der Waals surface area contributed by atoms with Gasteiger partial charge in [-0.2, -0.15) is 0 Å². The van der Waals surface area contributed by atoms with Crippen molar-refractivity contribution in [2.24, 2.45) is 0 Å². The molecule has 2 aromatic rings. The molecular weight excluding hydrogens is 326 g/mol. The minimum absolute atomic E-state index is 0.0933. The molecule has 2 nitrogen and oxygen atoms in total. The van der Waals surface area contributed by atoms with Gasteiger partial charge in [0.2, 0.25) is 0 Å². The fourth-order valence-corrected chi connectivity index (χ4v) is 2.81. The van der Waals surface area contributed by atoms with Crippen molar-refractivity contribution in [2.45, 2.75) is 20.4 Å². The Labute approximate surface area is 134 Å². The molecule has 0 unspecified atom stereocenters. The van der Waals surface area contributed by atoms with Gasteiger partial charge in [-0.25, -0.2) is 0 Å². The van der Waals surface area contributed by atoms with E-state index in [9.17, 15) is 4.79 Å². The SMILES string of the molecule is Cc1ccc(C(=O)N(CCBr)Cc2ccccc2)c(C)c1. The van der Waals surface area contributed by atoms with Crippen molar-refractivity contribution >= 4 is 21.8 Å². The van der Waals surface area contributed by atoms with Crippen LogP contribution < -0.4 is 0 Å². The highest BCUT2D eigenvalue weighted by atomic mass is 79.9. The molecule has 110 valence electrons. The first kappa shape index (κ1) is 15.8. The Morgan fingerprint density at radius 2 is 1.81 bits per heavy atom. The zero-order chi connectivity index (χ0) is 15.2. The number of alkyl halides is 1. The third kappa shape index (κ3) is 4.18. The largest absolute Gasteiger partial charge is 0.333 e. The average molecular weight is 346 g/mol. The number of halogens is 1. The molecule has 0 fully saturated rings. The van der Waals surface area contributed by atoms with E-state index in [1.807, 2.05) is 49.1 Å². The number of nitrogens with zero attached hydrogens (tertiary/aromatic N) is 1. The molecule has 0 N–H and O–H groups in total. The first-order valence-corrected chi connectivity index (χ1v) is 8.20. The topological polar surface area (TPSA) is 20.3 Å². The van der Waals surface area contributed by atoms with Crippen molar-refractivity contribution < 1.29 is 4.79 Å². The van der Waals surface area contributed by atoms with Crippen LogP contribution in [0.2, 0.25) is 0 Å². The zero-order valence-corrected chi connectivity index (χ0v) is 14.1. The molecule has 0 spiro atoms. The maximum Gasteiger partial charge on any atom is 0.254 e. The van der Waals surface area contributed by atoms with Gasteiger partial charge in [0.15, 0.2) is 0 Å². The van der Waals surface area contributed by atoms with Crippen LogP contribution in [0.3, 0.4) is 0 Å². The fourth-order valence-electron chi connectivity index (χ4n) is 2.38. The lowest BCUT2D eigenvalue weighted by atomic mass is 10.0. The first-order valence-electron chi connectivity index (χ1n) is 7.08. The molecule has 0 atom stereocenters. The number of hydrogen-bond acceptors (Lipinski definition) is 1. The molecule has 0 aliphatic rings. The molecule has 0 radical (unpaired) electrons. The van der Waals surface area contributed by atoms with Crippen LogP contribution in [0, 0.1) is 13.8 Å². The molecule has 3 heteroatoms. The second-order valence-corrected chi connectivity index (χ2v) is 6.01. The van der Waals surface area contributed by atoms with E-state index in [2.05, 4.69) is 34.1 Å². The molecule has 0 aromatic heterocycles. The second-order valence-electron chi connectivity index (χ2n) is 5.22. The lowest BCUT2D eigenvalue weighted by molar-refractivity contribution is 0.0754. The molecule has 21 heavy (non-hydrogen) atoms. The van der Waals surface area contributed by atoms with Crippen LogP contribution in [0.5, 0.6) is 0 Å². The summed E-state index contributed by atoms with van der Waals surface area (Å²) >= 11 is 3.44. The number of aryl methyl sites for hydroxylation is 2. The Morgan fingerprint density at radius 1 is 1.10 bits per heavy atom. The van der Waals surface area contributed by atoms with E-state index in [-0.39, 0.29) is 5.91 Å². The highest BCUT2D eigenvalue weighted by Gasteiger charge is 2.17. The third-order valence-electron chi connectivity index (χ3n) is 3.47. The maximum atomic E-state index is 12.8. The minimum Gasteiger partial charge on any atom is -0.333 e. The number of benzene rings is 2. The molecule has 0 saturated heterocycles. The highest BCUT2D eigenvalue weighted by molar-refractivity contribution is 9.09. The van der Waals surface area contributed by atoms with Crippen LogP contribution >= 0.6 is 15.9 Å². The summed E-state index contributed by atoms with van der Waals surface area (Å²) in [6.07, 6.45) is 0. The van der Waals surface area contributed by atoms with Gasteiger partial charge in [-0.15, -0.1) is 0 Å². The molecule has 0 saturated carbocycles. The van der Waals surface area contributed by atoms with Crippen molar-refractivity contribution in [3.8, 4) is 0 Å². The van der Waals surface area contributed by atoms with E-state index in [4.69, 9.17) is 0 Å². The van der Waals surface area contributed by atoms with Gasteiger partial charge in [0.1, 0.15) is 0 Å². The van der Waals surface area contributed by atoms with Gasteiger partial charge in [0.05, 0.1) is 0 Å². The van der Waals surface area contributed by atoms with Gasteiger partial charge in [-0.3, -0.25) is 4.79 Å². The fraction of sp³-hybridized carbons (Fsp3) is 0.278. The minimum atomic E-state index is 0.0933. The highest BCUT2D eigenvalue weighted by Crippen LogP contribution is 2.15. The molecular formula is C18H20BrNO. The molecule has 2 aromatic carbocycles. The van der Waals surface area contributed by atoms with E-state index in [1.54, 1.807) is 0 Å².